The highest BCUT2D eigenvalue weighted by molar-refractivity contribution is 5.46. The molecule has 0 aliphatic carbocycles. The predicted octanol–water partition coefficient (Wildman–Crippen LogP) is 1.52. The molecule has 1 atom stereocenters. The van der Waals surface area contributed by atoms with E-state index in [0.29, 0.717) is 5.95 Å². The zero-order valence-electron chi connectivity index (χ0n) is 10.9. The molecule has 0 saturated carbocycles. The first kappa shape index (κ1) is 12.3. The summed E-state index contributed by atoms with van der Waals surface area (Å²) in [5.74, 6) is 1.49. The van der Waals surface area contributed by atoms with Crippen molar-refractivity contribution in [2.75, 3.05) is 17.7 Å². The molecule has 2 aromatic rings. The lowest BCUT2D eigenvalue weighted by Crippen LogP contribution is -2.22. The molecule has 0 bridgehead atoms. The Balaban J connectivity index is 2.04. The van der Waals surface area contributed by atoms with Gasteiger partial charge in [0.05, 0.1) is 6.33 Å². The Kier molecular flexibility index (Phi) is 3.76. The van der Waals surface area contributed by atoms with E-state index >= 15 is 0 Å². The highest BCUT2D eigenvalue weighted by atomic mass is 15.1. The van der Waals surface area contributed by atoms with Crippen molar-refractivity contribution in [3.8, 4) is 0 Å². The van der Waals surface area contributed by atoms with Gasteiger partial charge in [0.15, 0.2) is 0 Å². The number of hydrogen-bond acceptors (Lipinski definition) is 5. The van der Waals surface area contributed by atoms with Crippen molar-refractivity contribution >= 4 is 11.8 Å². The summed E-state index contributed by atoms with van der Waals surface area (Å²) in [6.07, 6.45) is 7.35. The van der Waals surface area contributed by atoms with Crippen LogP contribution in [0.2, 0.25) is 0 Å². The maximum Gasteiger partial charge on any atom is 0.224 e. The van der Waals surface area contributed by atoms with Crippen LogP contribution >= 0.6 is 0 Å². The molecule has 2 N–H and O–H groups in total. The van der Waals surface area contributed by atoms with E-state index in [1.807, 2.05) is 37.3 Å². The Hall–Kier alpha value is -2.11. The van der Waals surface area contributed by atoms with Crippen molar-refractivity contribution in [3.05, 3.63) is 30.5 Å². The number of anilines is 2. The maximum atomic E-state index is 4.40. The molecule has 0 spiro atoms. The van der Waals surface area contributed by atoms with Crippen LogP contribution in [0.3, 0.4) is 0 Å². The molecule has 96 valence electrons. The molecule has 0 aromatic carbocycles. The van der Waals surface area contributed by atoms with Crippen LogP contribution in [-0.2, 0) is 6.54 Å². The number of aryl methyl sites for hydroxylation is 1. The van der Waals surface area contributed by atoms with Crippen molar-refractivity contribution in [3.63, 3.8) is 0 Å². The molecule has 0 aliphatic rings. The molecule has 1 unspecified atom stereocenters. The number of imidazole rings is 1. The fraction of sp³-hybridized carbons (Fsp3) is 0.417. The fourth-order valence-electron chi connectivity index (χ4n) is 1.70. The average Bonchev–Trinajstić information content (AvgIpc) is 2.84. The van der Waals surface area contributed by atoms with Crippen molar-refractivity contribution < 1.29 is 0 Å². The molecule has 2 rings (SSSR count). The summed E-state index contributed by atoms with van der Waals surface area (Å²) in [5.41, 5.74) is 1.03. The molecule has 18 heavy (non-hydrogen) atoms. The van der Waals surface area contributed by atoms with Crippen molar-refractivity contribution in [2.45, 2.75) is 26.4 Å². The van der Waals surface area contributed by atoms with Crippen LogP contribution in [0.15, 0.2) is 24.9 Å². The van der Waals surface area contributed by atoms with Crippen molar-refractivity contribution in [1.29, 1.82) is 0 Å². The number of rotatable bonds is 5. The summed E-state index contributed by atoms with van der Waals surface area (Å²) in [5, 5.41) is 6.32. The summed E-state index contributed by atoms with van der Waals surface area (Å²) in [6.45, 7) is 4.95. The number of aromatic nitrogens is 4. The second-order valence-electron chi connectivity index (χ2n) is 4.28. The lowest BCUT2D eigenvalue weighted by molar-refractivity contribution is 0.616. The van der Waals surface area contributed by atoms with Crippen LogP contribution < -0.4 is 10.6 Å². The smallest absolute Gasteiger partial charge is 0.224 e. The van der Waals surface area contributed by atoms with Crippen LogP contribution in [0.25, 0.3) is 0 Å². The van der Waals surface area contributed by atoms with Crippen LogP contribution in [0, 0.1) is 6.92 Å². The molecule has 0 amide bonds. The minimum Gasteiger partial charge on any atom is -0.365 e. The summed E-state index contributed by atoms with van der Waals surface area (Å²) >= 11 is 0. The Labute approximate surface area is 106 Å². The average molecular weight is 246 g/mol. The van der Waals surface area contributed by atoms with Gasteiger partial charge in [0.1, 0.15) is 5.82 Å². The number of nitrogens with one attached hydrogen (secondary N) is 2. The first-order valence-electron chi connectivity index (χ1n) is 5.92. The van der Waals surface area contributed by atoms with Gasteiger partial charge in [-0.3, -0.25) is 0 Å². The number of nitrogens with zero attached hydrogens (tertiary/aromatic N) is 4. The zero-order valence-corrected chi connectivity index (χ0v) is 10.9. The van der Waals surface area contributed by atoms with E-state index in [2.05, 4.69) is 32.5 Å². The predicted molar refractivity (Wildman–Crippen MR) is 71.6 cm³/mol. The van der Waals surface area contributed by atoms with Gasteiger partial charge in [-0.2, -0.15) is 4.98 Å². The van der Waals surface area contributed by atoms with Crippen LogP contribution in [0.4, 0.5) is 11.8 Å². The van der Waals surface area contributed by atoms with E-state index in [4.69, 9.17) is 0 Å². The quantitative estimate of drug-likeness (QED) is 0.837. The molecule has 0 aliphatic heterocycles. The summed E-state index contributed by atoms with van der Waals surface area (Å²) in [4.78, 5) is 12.6. The minimum atomic E-state index is 0.262. The molecule has 0 radical (unpaired) electrons. The lowest BCUT2D eigenvalue weighted by atomic mass is 10.3. The summed E-state index contributed by atoms with van der Waals surface area (Å²) < 4.78 is 2.03. The van der Waals surface area contributed by atoms with Crippen LogP contribution in [0.1, 0.15) is 12.5 Å². The van der Waals surface area contributed by atoms with Gasteiger partial charge in [-0.05, 0) is 13.8 Å². The van der Waals surface area contributed by atoms with Gasteiger partial charge < -0.3 is 15.2 Å². The Morgan fingerprint density at radius 3 is 2.94 bits per heavy atom. The first-order chi connectivity index (χ1) is 8.69. The highest BCUT2D eigenvalue weighted by Gasteiger charge is 2.07. The zero-order chi connectivity index (χ0) is 13.0. The molecule has 6 heteroatoms. The second-order valence-corrected chi connectivity index (χ2v) is 4.28. The van der Waals surface area contributed by atoms with E-state index in [-0.39, 0.29) is 6.04 Å². The van der Waals surface area contributed by atoms with Crippen LogP contribution in [-0.4, -0.2) is 32.6 Å². The summed E-state index contributed by atoms with van der Waals surface area (Å²) in [6, 6.07) is 0.262. The monoisotopic (exact) mass is 246 g/mol. The standard InChI is InChI=1S/C12H18N6/c1-9-6-15-12(13-3)17-11(9)16-10(2)7-18-5-4-14-8-18/h4-6,8,10H,7H2,1-3H3,(H2,13,15,16,17). The van der Waals surface area contributed by atoms with E-state index in [1.165, 1.54) is 0 Å². The van der Waals surface area contributed by atoms with Gasteiger partial charge in [0.2, 0.25) is 5.95 Å². The Bertz CT molecular complexity index is 493. The van der Waals surface area contributed by atoms with Gasteiger partial charge in [0.25, 0.3) is 0 Å². The van der Waals surface area contributed by atoms with E-state index in [9.17, 15) is 0 Å². The Morgan fingerprint density at radius 1 is 1.44 bits per heavy atom. The maximum absolute atomic E-state index is 4.40. The molecule has 2 heterocycles. The number of hydrogen-bond donors (Lipinski definition) is 2. The minimum absolute atomic E-state index is 0.262. The molecular weight excluding hydrogens is 228 g/mol. The van der Waals surface area contributed by atoms with Gasteiger partial charge >= 0.3 is 0 Å². The molecular formula is C12H18N6. The van der Waals surface area contributed by atoms with E-state index in [0.717, 1.165) is 17.9 Å². The second kappa shape index (κ2) is 5.48. The first-order valence-corrected chi connectivity index (χ1v) is 5.92. The SMILES string of the molecule is CNc1ncc(C)c(NC(C)Cn2ccnc2)n1. The topological polar surface area (TPSA) is 67.7 Å². The molecule has 0 saturated heterocycles. The van der Waals surface area contributed by atoms with Crippen molar-refractivity contribution in [2.24, 2.45) is 0 Å². The van der Waals surface area contributed by atoms with Gasteiger partial charge in [-0.1, -0.05) is 0 Å². The van der Waals surface area contributed by atoms with E-state index in [1.54, 1.807) is 6.20 Å². The Morgan fingerprint density at radius 2 is 2.28 bits per heavy atom. The van der Waals surface area contributed by atoms with Crippen molar-refractivity contribution in [1.82, 2.24) is 19.5 Å². The molecule has 2 aromatic heterocycles. The molecule has 0 fully saturated rings. The summed E-state index contributed by atoms with van der Waals surface area (Å²) in [7, 11) is 1.81. The third-order valence-corrected chi connectivity index (χ3v) is 2.62. The van der Waals surface area contributed by atoms with Crippen LogP contribution in [0.5, 0.6) is 0 Å². The highest BCUT2D eigenvalue weighted by Crippen LogP contribution is 2.13. The fourth-order valence-corrected chi connectivity index (χ4v) is 1.70. The van der Waals surface area contributed by atoms with Gasteiger partial charge in [-0.25, -0.2) is 9.97 Å². The normalized spacial score (nSPS) is 12.2. The third-order valence-electron chi connectivity index (χ3n) is 2.62. The molecule has 6 nitrogen and oxygen atoms in total. The van der Waals surface area contributed by atoms with Gasteiger partial charge in [0, 0.05) is 43.8 Å². The van der Waals surface area contributed by atoms with Gasteiger partial charge in [-0.15, -0.1) is 0 Å². The largest absolute Gasteiger partial charge is 0.365 e. The lowest BCUT2D eigenvalue weighted by Gasteiger charge is -2.16. The van der Waals surface area contributed by atoms with E-state index < -0.39 is 0 Å². The third kappa shape index (κ3) is 2.97.